The molecule has 0 fully saturated rings. The minimum atomic E-state index is -0.355. The number of carbonyl (C=O) groups excluding carboxylic acids is 1. The van der Waals surface area contributed by atoms with Gasteiger partial charge < -0.3 is 15.0 Å². The van der Waals surface area contributed by atoms with Crippen molar-refractivity contribution in [1.82, 2.24) is 5.16 Å². The molecule has 0 saturated carbocycles. The van der Waals surface area contributed by atoms with Gasteiger partial charge in [0.25, 0.3) is 5.91 Å². The van der Waals surface area contributed by atoms with Crippen LogP contribution < -0.4 is 15.8 Å². The van der Waals surface area contributed by atoms with Crippen molar-refractivity contribution in [2.45, 2.75) is 6.92 Å². The molecular weight excluding hydrogens is 234 g/mol. The van der Waals surface area contributed by atoms with Gasteiger partial charge in [-0.25, -0.2) is 0 Å². The van der Waals surface area contributed by atoms with Gasteiger partial charge in [-0.05, 0) is 19.1 Å². The first-order valence-electron chi connectivity index (χ1n) is 5.28. The summed E-state index contributed by atoms with van der Waals surface area (Å²) >= 11 is 0. The van der Waals surface area contributed by atoms with Gasteiger partial charge in [-0.3, -0.25) is 10.1 Å². The summed E-state index contributed by atoms with van der Waals surface area (Å²) in [6, 6.07) is 6.46. The summed E-state index contributed by atoms with van der Waals surface area (Å²) in [5, 5.41) is 6.24. The molecule has 94 valence electrons. The third-order valence-corrected chi connectivity index (χ3v) is 2.37. The summed E-state index contributed by atoms with van der Waals surface area (Å²) in [7, 11) is 1.53. The van der Waals surface area contributed by atoms with Crippen molar-refractivity contribution in [2.24, 2.45) is 0 Å². The normalized spacial score (nSPS) is 10.1. The molecule has 2 rings (SSSR count). The summed E-state index contributed by atoms with van der Waals surface area (Å²) in [5.41, 5.74) is 7.15. The topological polar surface area (TPSA) is 90.4 Å². The lowest BCUT2D eigenvalue weighted by Crippen LogP contribution is -2.13. The number of methoxy groups -OCH3 is 1. The van der Waals surface area contributed by atoms with E-state index in [-0.39, 0.29) is 11.8 Å². The monoisotopic (exact) mass is 247 g/mol. The highest BCUT2D eigenvalue weighted by atomic mass is 16.5. The quantitative estimate of drug-likeness (QED) is 0.807. The Morgan fingerprint density at radius 1 is 1.44 bits per heavy atom. The summed E-state index contributed by atoms with van der Waals surface area (Å²) in [6.07, 6.45) is 0. The summed E-state index contributed by atoms with van der Waals surface area (Å²) < 4.78 is 9.90. The zero-order valence-electron chi connectivity index (χ0n) is 10.1. The van der Waals surface area contributed by atoms with E-state index in [4.69, 9.17) is 15.0 Å². The molecule has 0 unspecified atom stereocenters. The van der Waals surface area contributed by atoms with Crippen LogP contribution in [-0.2, 0) is 0 Å². The summed E-state index contributed by atoms with van der Waals surface area (Å²) in [4.78, 5) is 11.9. The molecule has 0 aliphatic rings. The molecule has 1 amide bonds. The lowest BCUT2D eigenvalue weighted by molar-refractivity contribution is 0.102. The SMILES string of the molecule is COc1ccc(C(=O)Nc2cc(C)no2)c(N)c1. The summed E-state index contributed by atoms with van der Waals surface area (Å²) in [6.45, 7) is 1.76. The van der Waals surface area contributed by atoms with Crippen LogP contribution in [0.25, 0.3) is 0 Å². The highest BCUT2D eigenvalue weighted by Crippen LogP contribution is 2.21. The van der Waals surface area contributed by atoms with E-state index < -0.39 is 0 Å². The van der Waals surface area contributed by atoms with Crippen LogP contribution in [0.15, 0.2) is 28.8 Å². The Hall–Kier alpha value is -2.50. The van der Waals surface area contributed by atoms with Crippen LogP contribution in [0, 0.1) is 6.92 Å². The lowest BCUT2D eigenvalue weighted by Gasteiger charge is -2.06. The molecule has 6 heteroatoms. The number of amides is 1. The van der Waals surface area contributed by atoms with E-state index >= 15 is 0 Å². The highest BCUT2D eigenvalue weighted by molar-refractivity contribution is 6.07. The first kappa shape index (κ1) is 12.0. The van der Waals surface area contributed by atoms with Gasteiger partial charge in [-0.15, -0.1) is 0 Å². The number of nitrogens with two attached hydrogens (primary N) is 1. The molecule has 0 bridgehead atoms. The second-order valence-electron chi connectivity index (χ2n) is 3.74. The number of benzene rings is 1. The number of hydrogen-bond donors (Lipinski definition) is 2. The second-order valence-corrected chi connectivity index (χ2v) is 3.74. The Labute approximate surface area is 104 Å². The van der Waals surface area contributed by atoms with Crippen molar-refractivity contribution in [3.63, 3.8) is 0 Å². The number of hydrogen-bond acceptors (Lipinski definition) is 5. The smallest absolute Gasteiger partial charge is 0.260 e. The number of aryl methyl sites for hydroxylation is 1. The van der Waals surface area contributed by atoms with Crippen molar-refractivity contribution >= 4 is 17.5 Å². The fourth-order valence-corrected chi connectivity index (χ4v) is 1.48. The van der Waals surface area contributed by atoms with E-state index in [0.717, 1.165) is 0 Å². The van der Waals surface area contributed by atoms with Gasteiger partial charge in [-0.1, -0.05) is 5.16 Å². The number of aromatic nitrogens is 1. The predicted octanol–water partition coefficient (Wildman–Crippen LogP) is 1.83. The molecule has 1 heterocycles. The van der Waals surface area contributed by atoms with E-state index in [1.807, 2.05) is 0 Å². The molecule has 2 aromatic rings. The molecule has 1 aromatic heterocycles. The number of rotatable bonds is 3. The zero-order valence-corrected chi connectivity index (χ0v) is 10.1. The number of anilines is 2. The Morgan fingerprint density at radius 3 is 2.78 bits per heavy atom. The van der Waals surface area contributed by atoms with Crippen LogP contribution in [0.3, 0.4) is 0 Å². The molecule has 0 atom stereocenters. The number of ether oxygens (including phenoxy) is 1. The van der Waals surface area contributed by atoms with Gasteiger partial charge in [-0.2, -0.15) is 0 Å². The average Bonchev–Trinajstić information content (AvgIpc) is 2.74. The van der Waals surface area contributed by atoms with Crippen LogP contribution in [0.2, 0.25) is 0 Å². The third-order valence-electron chi connectivity index (χ3n) is 2.37. The van der Waals surface area contributed by atoms with E-state index in [9.17, 15) is 4.79 Å². The fraction of sp³-hybridized carbons (Fsp3) is 0.167. The fourth-order valence-electron chi connectivity index (χ4n) is 1.48. The van der Waals surface area contributed by atoms with Gasteiger partial charge in [0.05, 0.1) is 18.4 Å². The maximum absolute atomic E-state index is 11.9. The minimum absolute atomic E-state index is 0.285. The molecule has 18 heavy (non-hydrogen) atoms. The number of nitrogens with one attached hydrogen (secondary N) is 1. The van der Waals surface area contributed by atoms with Crippen molar-refractivity contribution in [2.75, 3.05) is 18.2 Å². The molecule has 0 spiro atoms. The van der Waals surface area contributed by atoms with Gasteiger partial charge in [0.15, 0.2) is 0 Å². The maximum atomic E-state index is 11.9. The first-order valence-corrected chi connectivity index (χ1v) is 5.28. The lowest BCUT2D eigenvalue weighted by atomic mass is 10.1. The molecule has 6 nitrogen and oxygen atoms in total. The van der Waals surface area contributed by atoms with Crippen LogP contribution in [0.5, 0.6) is 5.75 Å². The predicted molar refractivity (Wildman–Crippen MR) is 66.6 cm³/mol. The molecule has 0 radical (unpaired) electrons. The summed E-state index contributed by atoms with van der Waals surface area (Å²) in [5.74, 6) is 0.526. The Kier molecular flexibility index (Phi) is 3.18. The van der Waals surface area contributed by atoms with Crippen molar-refractivity contribution in [3.05, 3.63) is 35.5 Å². The maximum Gasteiger partial charge on any atom is 0.260 e. The van der Waals surface area contributed by atoms with Gasteiger partial charge >= 0.3 is 0 Å². The first-order chi connectivity index (χ1) is 8.60. The molecule has 0 aliphatic carbocycles. The highest BCUT2D eigenvalue weighted by Gasteiger charge is 2.12. The standard InChI is InChI=1S/C12H13N3O3/c1-7-5-11(18-15-7)14-12(16)9-4-3-8(17-2)6-10(9)13/h3-6H,13H2,1-2H3,(H,14,16). The zero-order chi connectivity index (χ0) is 13.1. The number of nitrogens with zero attached hydrogens (tertiary/aromatic N) is 1. The van der Waals surface area contributed by atoms with Crippen LogP contribution in [0.1, 0.15) is 16.1 Å². The molecule has 0 aliphatic heterocycles. The van der Waals surface area contributed by atoms with Gasteiger partial charge in [0.2, 0.25) is 5.88 Å². The largest absolute Gasteiger partial charge is 0.497 e. The van der Waals surface area contributed by atoms with Crippen LogP contribution in [0.4, 0.5) is 11.6 Å². The Bertz CT molecular complexity index is 578. The molecule has 0 saturated heterocycles. The van der Waals surface area contributed by atoms with Gasteiger partial charge in [0.1, 0.15) is 5.75 Å². The molecule has 3 N–H and O–H groups in total. The van der Waals surface area contributed by atoms with E-state index in [2.05, 4.69) is 10.5 Å². The van der Waals surface area contributed by atoms with Crippen molar-refractivity contribution in [3.8, 4) is 5.75 Å². The van der Waals surface area contributed by atoms with E-state index in [1.54, 1.807) is 31.2 Å². The van der Waals surface area contributed by atoms with Gasteiger partial charge in [0, 0.05) is 17.8 Å². The van der Waals surface area contributed by atoms with Crippen molar-refractivity contribution < 1.29 is 14.1 Å². The third kappa shape index (κ3) is 2.42. The average molecular weight is 247 g/mol. The van der Waals surface area contributed by atoms with E-state index in [1.165, 1.54) is 7.11 Å². The van der Waals surface area contributed by atoms with Crippen LogP contribution >= 0.6 is 0 Å². The number of carbonyl (C=O) groups is 1. The van der Waals surface area contributed by atoms with Crippen molar-refractivity contribution in [1.29, 1.82) is 0 Å². The minimum Gasteiger partial charge on any atom is -0.497 e. The molecule has 1 aromatic carbocycles. The second kappa shape index (κ2) is 4.79. The Morgan fingerprint density at radius 2 is 2.22 bits per heavy atom. The Balaban J connectivity index is 2.18. The number of nitrogen functional groups attached to an aromatic ring is 1. The van der Waals surface area contributed by atoms with Crippen LogP contribution in [-0.4, -0.2) is 18.2 Å². The molecular formula is C12H13N3O3. The van der Waals surface area contributed by atoms with E-state index in [0.29, 0.717) is 22.7 Å².